The number of anilines is 2. The van der Waals surface area contributed by atoms with E-state index in [0.717, 1.165) is 42.1 Å². The van der Waals surface area contributed by atoms with Gasteiger partial charge in [-0.15, -0.1) is 0 Å². The van der Waals surface area contributed by atoms with Gasteiger partial charge in [0.05, 0.1) is 17.5 Å². The van der Waals surface area contributed by atoms with Gasteiger partial charge in [0.25, 0.3) is 0 Å². The fourth-order valence-corrected chi connectivity index (χ4v) is 3.45. The number of hydrogen-bond acceptors (Lipinski definition) is 3. The third-order valence-corrected chi connectivity index (χ3v) is 4.21. The van der Waals surface area contributed by atoms with Gasteiger partial charge in [-0.2, -0.15) is 0 Å². The second kappa shape index (κ2) is 4.07. The van der Waals surface area contributed by atoms with Crippen molar-refractivity contribution in [3.8, 4) is 0 Å². The van der Waals surface area contributed by atoms with Gasteiger partial charge in [0.2, 0.25) is 0 Å². The van der Waals surface area contributed by atoms with E-state index < -0.39 is 0 Å². The summed E-state index contributed by atoms with van der Waals surface area (Å²) in [7, 11) is 0. The molecule has 0 saturated carbocycles. The van der Waals surface area contributed by atoms with E-state index in [1.165, 1.54) is 0 Å². The molecular weight excluding hydrogens is 236 g/mol. The summed E-state index contributed by atoms with van der Waals surface area (Å²) in [4.78, 5) is 2.37. The van der Waals surface area contributed by atoms with Crippen LogP contribution in [-0.2, 0) is 0 Å². The predicted molar refractivity (Wildman–Crippen MR) is 70.4 cm³/mol. The molecule has 4 heteroatoms. The molecule has 2 fully saturated rings. The first-order valence-corrected chi connectivity index (χ1v) is 6.54. The van der Waals surface area contributed by atoms with Crippen LogP contribution in [0.4, 0.5) is 11.4 Å². The van der Waals surface area contributed by atoms with E-state index in [9.17, 15) is 5.11 Å². The summed E-state index contributed by atoms with van der Waals surface area (Å²) in [5, 5.41) is 10.5. The van der Waals surface area contributed by atoms with E-state index in [-0.39, 0.29) is 6.10 Å². The molecule has 0 amide bonds. The number of fused-ring (bicyclic) bond motifs is 2. The van der Waals surface area contributed by atoms with Crippen molar-refractivity contribution in [2.24, 2.45) is 0 Å². The first-order valence-electron chi connectivity index (χ1n) is 6.16. The molecule has 0 aromatic heterocycles. The lowest BCUT2D eigenvalue weighted by atomic mass is 9.99. The van der Waals surface area contributed by atoms with E-state index >= 15 is 0 Å². The SMILES string of the molecule is Nc1ccc(Cl)cc1N1C2CCC1CC(O)C2. The van der Waals surface area contributed by atoms with Crippen LogP contribution >= 0.6 is 11.6 Å². The molecule has 2 bridgehead atoms. The maximum atomic E-state index is 9.79. The Morgan fingerprint density at radius 2 is 1.88 bits per heavy atom. The molecule has 2 heterocycles. The Hall–Kier alpha value is -0.930. The Labute approximate surface area is 106 Å². The third-order valence-electron chi connectivity index (χ3n) is 3.98. The number of hydrogen-bond donors (Lipinski definition) is 2. The minimum Gasteiger partial charge on any atom is -0.397 e. The number of aliphatic hydroxyl groups excluding tert-OH is 1. The number of piperidine rings is 1. The highest BCUT2D eigenvalue weighted by molar-refractivity contribution is 6.31. The predicted octanol–water partition coefficient (Wildman–Crippen LogP) is 2.41. The number of nitrogens with zero attached hydrogens (tertiary/aromatic N) is 1. The maximum absolute atomic E-state index is 9.79. The van der Waals surface area contributed by atoms with Crippen LogP contribution < -0.4 is 10.6 Å². The number of aliphatic hydroxyl groups is 1. The Morgan fingerprint density at radius 3 is 2.53 bits per heavy atom. The molecule has 92 valence electrons. The summed E-state index contributed by atoms with van der Waals surface area (Å²) in [6.07, 6.45) is 3.84. The first kappa shape index (κ1) is 11.2. The van der Waals surface area contributed by atoms with Crippen molar-refractivity contribution < 1.29 is 5.11 Å². The molecule has 3 N–H and O–H groups in total. The average Bonchev–Trinajstić information content (AvgIpc) is 2.54. The molecule has 1 aromatic rings. The molecule has 2 atom stereocenters. The van der Waals surface area contributed by atoms with Crippen LogP contribution in [0, 0.1) is 0 Å². The first-order chi connectivity index (χ1) is 8.15. The summed E-state index contributed by atoms with van der Waals surface area (Å²) in [6.45, 7) is 0. The summed E-state index contributed by atoms with van der Waals surface area (Å²) in [5.74, 6) is 0. The summed E-state index contributed by atoms with van der Waals surface area (Å²) in [6, 6.07) is 6.47. The second-order valence-electron chi connectivity index (χ2n) is 5.12. The molecule has 2 saturated heterocycles. The second-order valence-corrected chi connectivity index (χ2v) is 5.56. The van der Waals surface area contributed by atoms with Crippen molar-refractivity contribution in [2.45, 2.75) is 43.9 Å². The fourth-order valence-electron chi connectivity index (χ4n) is 3.28. The van der Waals surface area contributed by atoms with Crippen LogP contribution in [0.5, 0.6) is 0 Å². The number of rotatable bonds is 1. The molecule has 2 aliphatic rings. The van der Waals surface area contributed by atoms with Crippen LogP contribution in [0.2, 0.25) is 5.02 Å². The molecule has 2 unspecified atom stereocenters. The molecule has 3 nitrogen and oxygen atoms in total. The molecule has 0 radical (unpaired) electrons. The quantitative estimate of drug-likeness (QED) is 0.755. The minimum atomic E-state index is -0.149. The highest BCUT2D eigenvalue weighted by Crippen LogP contribution is 2.42. The topological polar surface area (TPSA) is 49.5 Å². The van der Waals surface area contributed by atoms with Crippen molar-refractivity contribution in [1.29, 1.82) is 0 Å². The Bertz CT molecular complexity index is 423. The van der Waals surface area contributed by atoms with Gasteiger partial charge in [0.15, 0.2) is 0 Å². The normalized spacial score (nSPS) is 31.9. The van der Waals surface area contributed by atoms with Crippen molar-refractivity contribution in [3.05, 3.63) is 23.2 Å². The number of benzene rings is 1. The van der Waals surface area contributed by atoms with Gasteiger partial charge < -0.3 is 15.7 Å². The van der Waals surface area contributed by atoms with E-state index in [0.29, 0.717) is 12.1 Å². The molecule has 1 aromatic carbocycles. The highest BCUT2D eigenvalue weighted by Gasteiger charge is 2.40. The van der Waals surface area contributed by atoms with Crippen LogP contribution in [-0.4, -0.2) is 23.3 Å². The largest absolute Gasteiger partial charge is 0.397 e. The Balaban J connectivity index is 1.97. The fraction of sp³-hybridized carbons (Fsp3) is 0.538. The monoisotopic (exact) mass is 252 g/mol. The lowest BCUT2D eigenvalue weighted by molar-refractivity contribution is 0.126. The minimum absolute atomic E-state index is 0.149. The standard InChI is InChI=1S/C13H17ClN2O/c14-8-1-4-12(15)13(5-8)16-9-2-3-10(16)7-11(17)6-9/h1,4-5,9-11,17H,2-3,6-7,15H2. The number of nitrogens with two attached hydrogens (primary N) is 1. The van der Waals surface area contributed by atoms with Crippen LogP contribution in [0.25, 0.3) is 0 Å². The number of nitrogen functional groups attached to an aromatic ring is 1. The van der Waals surface area contributed by atoms with Crippen molar-refractivity contribution in [2.75, 3.05) is 10.6 Å². The number of halogens is 1. The van der Waals surface area contributed by atoms with E-state index in [1.807, 2.05) is 18.2 Å². The average molecular weight is 253 g/mol. The van der Waals surface area contributed by atoms with E-state index in [4.69, 9.17) is 17.3 Å². The smallest absolute Gasteiger partial charge is 0.0619 e. The van der Waals surface area contributed by atoms with Crippen molar-refractivity contribution in [1.82, 2.24) is 0 Å². The van der Waals surface area contributed by atoms with Gasteiger partial charge in [-0.1, -0.05) is 11.6 Å². The summed E-state index contributed by atoms with van der Waals surface area (Å²) < 4.78 is 0. The van der Waals surface area contributed by atoms with Crippen LogP contribution in [0.15, 0.2) is 18.2 Å². The molecular formula is C13H17ClN2O. The van der Waals surface area contributed by atoms with E-state index in [1.54, 1.807) is 0 Å². The molecule has 0 aliphatic carbocycles. The molecule has 3 rings (SSSR count). The zero-order valence-corrected chi connectivity index (χ0v) is 10.4. The zero-order chi connectivity index (χ0) is 12.0. The van der Waals surface area contributed by atoms with Gasteiger partial charge in [-0.25, -0.2) is 0 Å². The zero-order valence-electron chi connectivity index (χ0n) is 9.64. The van der Waals surface area contributed by atoms with Gasteiger partial charge in [0, 0.05) is 17.1 Å². The van der Waals surface area contributed by atoms with Gasteiger partial charge in [0.1, 0.15) is 0 Å². The van der Waals surface area contributed by atoms with Crippen LogP contribution in [0.1, 0.15) is 25.7 Å². The van der Waals surface area contributed by atoms with E-state index in [2.05, 4.69) is 4.90 Å². The molecule has 17 heavy (non-hydrogen) atoms. The van der Waals surface area contributed by atoms with Crippen molar-refractivity contribution in [3.63, 3.8) is 0 Å². The highest BCUT2D eigenvalue weighted by atomic mass is 35.5. The van der Waals surface area contributed by atoms with Gasteiger partial charge >= 0.3 is 0 Å². The molecule has 2 aliphatic heterocycles. The molecule has 0 spiro atoms. The Kier molecular flexibility index (Phi) is 2.68. The third kappa shape index (κ3) is 1.87. The maximum Gasteiger partial charge on any atom is 0.0619 e. The summed E-state index contributed by atoms with van der Waals surface area (Å²) in [5.41, 5.74) is 7.86. The summed E-state index contributed by atoms with van der Waals surface area (Å²) >= 11 is 6.05. The lowest BCUT2D eigenvalue weighted by Gasteiger charge is -2.39. The lowest BCUT2D eigenvalue weighted by Crippen LogP contribution is -2.45. The van der Waals surface area contributed by atoms with Crippen molar-refractivity contribution >= 4 is 23.0 Å². The van der Waals surface area contributed by atoms with Gasteiger partial charge in [-0.3, -0.25) is 0 Å². The van der Waals surface area contributed by atoms with Gasteiger partial charge in [-0.05, 0) is 43.9 Å². The Morgan fingerprint density at radius 1 is 1.24 bits per heavy atom. The van der Waals surface area contributed by atoms with Crippen LogP contribution in [0.3, 0.4) is 0 Å².